The molecule has 0 aliphatic heterocycles. The zero-order valence-electron chi connectivity index (χ0n) is 22.6. The molecule has 1 aromatic carbocycles. The number of carbonyl (C=O) groups excluding carboxylic acids is 1. The van der Waals surface area contributed by atoms with E-state index in [4.69, 9.17) is 15.6 Å². The molecular formula is C28H47NO5. The van der Waals surface area contributed by atoms with E-state index >= 15 is 0 Å². The van der Waals surface area contributed by atoms with E-state index in [1.165, 1.54) is 0 Å². The first-order chi connectivity index (χ1) is 15.4. The average Bonchev–Trinajstić information content (AvgIpc) is 2.69. The van der Waals surface area contributed by atoms with Gasteiger partial charge in [-0.1, -0.05) is 74.4 Å². The Morgan fingerprint density at radius 3 is 2.09 bits per heavy atom. The monoisotopic (exact) mass is 477 g/mol. The molecule has 34 heavy (non-hydrogen) atoms. The Kier molecular flexibility index (Phi) is 10.8. The van der Waals surface area contributed by atoms with Gasteiger partial charge >= 0.3 is 5.97 Å². The molecule has 0 amide bonds. The van der Waals surface area contributed by atoms with Crippen molar-refractivity contribution in [2.45, 2.75) is 99.1 Å². The van der Waals surface area contributed by atoms with Gasteiger partial charge in [0, 0.05) is 11.5 Å². The first-order valence-corrected chi connectivity index (χ1v) is 12.4. The lowest BCUT2D eigenvalue weighted by atomic mass is 9.81. The number of Topliss-reactive ketones (excluding diaryl/α,β-unsaturated/α-hetero) is 1. The van der Waals surface area contributed by atoms with E-state index in [2.05, 4.69) is 46.8 Å². The number of hydrogen-bond acceptors (Lipinski definition) is 5. The lowest BCUT2D eigenvalue weighted by molar-refractivity contribution is -0.142. The number of ether oxygens (including phenoxy) is 1. The molecular weight excluding hydrogens is 430 g/mol. The maximum absolute atomic E-state index is 12.5. The van der Waals surface area contributed by atoms with Crippen LogP contribution in [0, 0.1) is 23.2 Å². The molecule has 0 saturated heterocycles. The maximum Gasteiger partial charge on any atom is 0.306 e. The lowest BCUT2D eigenvalue weighted by Gasteiger charge is -2.29. The molecule has 0 bridgehead atoms. The largest absolute Gasteiger partial charge is 0.486 e. The van der Waals surface area contributed by atoms with Gasteiger partial charge in [0.05, 0.1) is 12.0 Å². The second kappa shape index (κ2) is 12.2. The number of aliphatic hydroxyl groups excluding tert-OH is 1. The minimum absolute atomic E-state index is 0.0302. The van der Waals surface area contributed by atoms with E-state index in [-0.39, 0.29) is 30.1 Å². The standard InChI is InChI=1S/C28H47NO5/c1-17(2)20(15-22(29)23(30)12-18(3)26(32)33)13-19-10-11-21(27(4,5)6)24(14-19)34-16-25(31)28(7,8)9/h10-11,14,17-18,20,22-23,30H,12-13,15-16,29H2,1-9H3,(H,32,33)/t18?,20-,22-,23-/m0/s1. The highest BCUT2D eigenvalue weighted by molar-refractivity contribution is 5.85. The Morgan fingerprint density at radius 2 is 1.62 bits per heavy atom. The molecule has 194 valence electrons. The Labute approximate surface area is 206 Å². The van der Waals surface area contributed by atoms with E-state index in [1.54, 1.807) is 6.92 Å². The Balaban J connectivity index is 3.06. The van der Waals surface area contributed by atoms with E-state index in [0.29, 0.717) is 12.3 Å². The van der Waals surface area contributed by atoms with Gasteiger partial charge in [0.15, 0.2) is 5.78 Å². The van der Waals surface area contributed by atoms with Gasteiger partial charge in [-0.15, -0.1) is 0 Å². The summed E-state index contributed by atoms with van der Waals surface area (Å²) in [4.78, 5) is 23.6. The summed E-state index contributed by atoms with van der Waals surface area (Å²) >= 11 is 0. The van der Waals surface area contributed by atoms with Crippen molar-refractivity contribution in [2.75, 3.05) is 6.61 Å². The van der Waals surface area contributed by atoms with E-state index in [9.17, 15) is 14.7 Å². The van der Waals surface area contributed by atoms with Gasteiger partial charge in [-0.3, -0.25) is 9.59 Å². The quantitative estimate of drug-likeness (QED) is 0.391. The molecule has 0 aromatic heterocycles. The molecule has 0 heterocycles. The molecule has 4 atom stereocenters. The normalized spacial score (nSPS) is 16.1. The van der Waals surface area contributed by atoms with Gasteiger partial charge in [0.25, 0.3) is 0 Å². The van der Waals surface area contributed by atoms with Gasteiger partial charge in [-0.2, -0.15) is 0 Å². The van der Waals surface area contributed by atoms with Crippen LogP contribution in [0.5, 0.6) is 5.75 Å². The summed E-state index contributed by atoms with van der Waals surface area (Å²) in [5.41, 5.74) is 7.83. The van der Waals surface area contributed by atoms with Crippen molar-refractivity contribution in [3.05, 3.63) is 29.3 Å². The third-order valence-electron chi connectivity index (χ3n) is 6.58. The number of ketones is 1. The molecule has 4 N–H and O–H groups in total. The number of nitrogens with two attached hydrogens (primary N) is 1. The minimum Gasteiger partial charge on any atom is -0.486 e. The van der Waals surface area contributed by atoms with Crippen molar-refractivity contribution in [2.24, 2.45) is 28.9 Å². The van der Waals surface area contributed by atoms with Crippen molar-refractivity contribution in [1.29, 1.82) is 0 Å². The van der Waals surface area contributed by atoms with Crippen molar-refractivity contribution in [3.8, 4) is 5.75 Å². The Hall–Kier alpha value is -1.92. The summed E-state index contributed by atoms with van der Waals surface area (Å²) in [6.07, 6.45) is 0.616. The predicted molar refractivity (Wildman–Crippen MR) is 137 cm³/mol. The fourth-order valence-electron chi connectivity index (χ4n) is 3.83. The molecule has 1 aromatic rings. The van der Waals surface area contributed by atoms with Gasteiger partial charge < -0.3 is 20.7 Å². The zero-order chi connectivity index (χ0) is 26.4. The molecule has 6 nitrogen and oxygen atoms in total. The van der Waals surface area contributed by atoms with Crippen LogP contribution in [0.25, 0.3) is 0 Å². The van der Waals surface area contributed by atoms with Crippen LogP contribution < -0.4 is 10.5 Å². The molecule has 0 spiro atoms. The molecule has 0 fully saturated rings. The van der Waals surface area contributed by atoms with Crippen LogP contribution in [0.3, 0.4) is 0 Å². The van der Waals surface area contributed by atoms with Crippen LogP contribution >= 0.6 is 0 Å². The summed E-state index contributed by atoms with van der Waals surface area (Å²) < 4.78 is 6.05. The molecule has 1 rings (SSSR count). The van der Waals surface area contributed by atoms with Crippen molar-refractivity contribution < 1.29 is 24.5 Å². The number of carboxylic acids is 1. The smallest absolute Gasteiger partial charge is 0.306 e. The minimum atomic E-state index is -0.928. The predicted octanol–water partition coefficient (Wildman–Crippen LogP) is 4.98. The van der Waals surface area contributed by atoms with Crippen LogP contribution in [0.4, 0.5) is 0 Å². The van der Waals surface area contributed by atoms with Crippen LogP contribution in [0.15, 0.2) is 18.2 Å². The van der Waals surface area contributed by atoms with Crippen LogP contribution in [0.1, 0.15) is 86.3 Å². The van der Waals surface area contributed by atoms with Crippen molar-refractivity contribution >= 4 is 11.8 Å². The number of hydrogen-bond donors (Lipinski definition) is 3. The fraction of sp³-hybridized carbons (Fsp3) is 0.714. The first-order valence-electron chi connectivity index (χ1n) is 12.4. The maximum atomic E-state index is 12.5. The Bertz CT molecular complexity index is 819. The highest BCUT2D eigenvalue weighted by atomic mass is 16.5. The number of aliphatic carboxylic acids is 1. The summed E-state index contributed by atoms with van der Waals surface area (Å²) in [7, 11) is 0. The molecule has 0 aliphatic carbocycles. The third-order valence-corrected chi connectivity index (χ3v) is 6.58. The zero-order valence-corrected chi connectivity index (χ0v) is 22.6. The molecule has 0 radical (unpaired) electrons. The van der Waals surface area contributed by atoms with E-state index in [1.807, 2.05) is 26.8 Å². The number of rotatable bonds is 12. The topological polar surface area (TPSA) is 110 Å². The second-order valence-corrected chi connectivity index (χ2v) is 12.2. The molecule has 0 saturated carbocycles. The van der Waals surface area contributed by atoms with Gasteiger partial charge in [0.2, 0.25) is 0 Å². The number of aliphatic hydroxyl groups is 1. The van der Waals surface area contributed by atoms with E-state index in [0.717, 1.165) is 23.3 Å². The van der Waals surface area contributed by atoms with Crippen molar-refractivity contribution in [1.82, 2.24) is 0 Å². The summed E-state index contributed by atoms with van der Waals surface area (Å²) in [6, 6.07) is 5.71. The Morgan fingerprint density at radius 1 is 1.03 bits per heavy atom. The SMILES string of the molecule is CC(C[C@H](O)[C@@H](N)C[C@H](Cc1ccc(C(C)(C)C)c(OCC(=O)C(C)(C)C)c1)C(C)C)C(=O)O. The molecule has 1 unspecified atom stereocenters. The highest BCUT2D eigenvalue weighted by Crippen LogP contribution is 2.34. The first kappa shape index (κ1) is 30.1. The van der Waals surface area contributed by atoms with Crippen LogP contribution in [-0.2, 0) is 21.4 Å². The number of benzene rings is 1. The van der Waals surface area contributed by atoms with Crippen LogP contribution in [-0.4, -0.2) is 40.7 Å². The molecule has 6 heteroatoms. The third kappa shape index (κ3) is 9.38. The number of carboxylic acid groups (broad SMARTS) is 1. The van der Waals surface area contributed by atoms with Gasteiger partial charge in [-0.05, 0) is 53.7 Å². The molecule has 0 aliphatic rings. The summed E-state index contributed by atoms with van der Waals surface area (Å²) in [5, 5.41) is 19.6. The lowest BCUT2D eigenvalue weighted by Crippen LogP contribution is -2.39. The van der Waals surface area contributed by atoms with Crippen LogP contribution in [0.2, 0.25) is 0 Å². The van der Waals surface area contributed by atoms with Crippen molar-refractivity contribution in [3.63, 3.8) is 0 Å². The fourth-order valence-corrected chi connectivity index (χ4v) is 3.83. The van der Waals surface area contributed by atoms with Gasteiger partial charge in [0.1, 0.15) is 12.4 Å². The van der Waals surface area contributed by atoms with E-state index < -0.39 is 29.4 Å². The number of carbonyl (C=O) groups is 2. The summed E-state index contributed by atoms with van der Waals surface area (Å²) in [6.45, 7) is 17.9. The highest BCUT2D eigenvalue weighted by Gasteiger charge is 2.27. The summed E-state index contributed by atoms with van der Waals surface area (Å²) in [5.74, 6) is -0.265. The van der Waals surface area contributed by atoms with Gasteiger partial charge in [-0.25, -0.2) is 0 Å². The average molecular weight is 478 g/mol. The second-order valence-electron chi connectivity index (χ2n) is 12.2.